The van der Waals surface area contributed by atoms with Crippen LogP contribution in [0.5, 0.6) is 0 Å². The monoisotopic (exact) mass is 410 g/mol. The third-order valence-corrected chi connectivity index (χ3v) is 6.82. The molecule has 0 bridgehead atoms. The van der Waals surface area contributed by atoms with Gasteiger partial charge in [-0.1, -0.05) is 61.7 Å². The smallest absolute Gasteiger partial charge is 0.252 e. The molecule has 0 spiro atoms. The van der Waals surface area contributed by atoms with Crippen LogP contribution < -0.4 is 5.32 Å². The first-order chi connectivity index (χ1) is 14.0. The van der Waals surface area contributed by atoms with E-state index in [1.54, 1.807) is 19.0 Å². The number of amides is 2. The Balaban J connectivity index is 1.72. The van der Waals surface area contributed by atoms with Crippen molar-refractivity contribution in [3.05, 3.63) is 65.7 Å². The molecular weight excluding hydrogens is 380 g/mol. The average Bonchev–Trinajstić information content (AvgIpc) is 2.77. The van der Waals surface area contributed by atoms with Gasteiger partial charge < -0.3 is 10.2 Å². The maximum atomic E-state index is 13.0. The topological polar surface area (TPSA) is 49.4 Å². The minimum absolute atomic E-state index is 0.0120. The van der Waals surface area contributed by atoms with Crippen LogP contribution >= 0.6 is 11.8 Å². The van der Waals surface area contributed by atoms with Crippen molar-refractivity contribution < 1.29 is 9.59 Å². The maximum absolute atomic E-state index is 13.0. The van der Waals surface area contributed by atoms with E-state index in [0.717, 1.165) is 17.7 Å². The minimum atomic E-state index is -0.0636. The summed E-state index contributed by atoms with van der Waals surface area (Å²) in [4.78, 5) is 27.4. The highest BCUT2D eigenvalue weighted by Crippen LogP contribution is 2.39. The fraction of sp³-hybridized carbons (Fsp3) is 0.417. The highest BCUT2D eigenvalue weighted by Gasteiger charge is 2.34. The van der Waals surface area contributed by atoms with E-state index in [2.05, 4.69) is 29.6 Å². The lowest BCUT2D eigenvalue weighted by Crippen LogP contribution is -2.42. The summed E-state index contributed by atoms with van der Waals surface area (Å²) in [5.74, 6) is 0.298. The molecule has 154 valence electrons. The molecule has 3 rings (SSSR count). The number of nitrogens with one attached hydrogen (secondary N) is 1. The van der Waals surface area contributed by atoms with Gasteiger partial charge in [-0.05, 0) is 30.5 Å². The summed E-state index contributed by atoms with van der Waals surface area (Å²) < 4.78 is 0. The summed E-state index contributed by atoms with van der Waals surface area (Å²) in [5.41, 5.74) is 1.97. The maximum Gasteiger partial charge on any atom is 0.252 e. The molecule has 0 radical (unpaired) electrons. The normalized spacial score (nSPS) is 15.5. The van der Waals surface area contributed by atoms with Gasteiger partial charge in [0.2, 0.25) is 5.91 Å². The predicted octanol–water partition coefficient (Wildman–Crippen LogP) is 4.50. The minimum Gasteiger partial charge on any atom is -0.351 e. The standard InChI is InChI=1S/C24H30N2O2S/c1-26(2)22(27)17-29-21-14-8-7-13-20(21)23(28)25-18-24(15-9-4-10-16-24)19-11-5-3-6-12-19/h3,5-8,11-14H,4,9-10,15-18H2,1-2H3,(H,25,28). The largest absolute Gasteiger partial charge is 0.351 e. The van der Waals surface area contributed by atoms with Gasteiger partial charge in [0.25, 0.3) is 5.91 Å². The first-order valence-electron chi connectivity index (χ1n) is 10.3. The summed E-state index contributed by atoms with van der Waals surface area (Å²) in [5, 5.41) is 3.21. The molecule has 1 aliphatic rings. The van der Waals surface area contributed by atoms with Crippen LogP contribution in [0.2, 0.25) is 0 Å². The second-order valence-corrected chi connectivity index (χ2v) is 8.98. The molecule has 1 fully saturated rings. The molecule has 0 aliphatic heterocycles. The Labute approximate surface area is 178 Å². The fourth-order valence-electron chi connectivity index (χ4n) is 3.98. The van der Waals surface area contributed by atoms with Gasteiger partial charge in [-0.15, -0.1) is 11.8 Å². The molecule has 0 atom stereocenters. The van der Waals surface area contributed by atoms with Gasteiger partial charge in [0.05, 0.1) is 11.3 Å². The number of hydrogen-bond acceptors (Lipinski definition) is 3. The molecule has 0 unspecified atom stereocenters. The first-order valence-corrected chi connectivity index (χ1v) is 11.3. The van der Waals surface area contributed by atoms with Crippen LogP contribution in [-0.2, 0) is 10.2 Å². The van der Waals surface area contributed by atoms with E-state index in [1.807, 2.05) is 30.3 Å². The van der Waals surface area contributed by atoms with Crippen molar-refractivity contribution in [3.63, 3.8) is 0 Å². The van der Waals surface area contributed by atoms with Crippen LogP contribution in [0.1, 0.15) is 48.0 Å². The van der Waals surface area contributed by atoms with Gasteiger partial charge in [-0.3, -0.25) is 9.59 Å². The zero-order chi connectivity index (χ0) is 20.7. The summed E-state index contributed by atoms with van der Waals surface area (Å²) in [7, 11) is 3.49. The Morgan fingerprint density at radius 1 is 0.966 bits per heavy atom. The Morgan fingerprint density at radius 2 is 1.62 bits per heavy atom. The Bertz CT molecular complexity index is 830. The van der Waals surface area contributed by atoms with Crippen LogP contribution in [-0.4, -0.2) is 43.1 Å². The molecule has 0 heterocycles. The zero-order valence-electron chi connectivity index (χ0n) is 17.3. The van der Waals surface area contributed by atoms with E-state index < -0.39 is 0 Å². The quantitative estimate of drug-likeness (QED) is 0.684. The van der Waals surface area contributed by atoms with Crippen molar-refractivity contribution in [1.82, 2.24) is 10.2 Å². The highest BCUT2D eigenvalue weighted by molar-refractivity contribution is 8.00. The molecule has 2 aromatic carbocycles. The number of benzene rings is 2. The van der Waals surface area contributed by atoms with E-state index in [9.17, 15) is 9.59 Å². The zero-order valence-corrected chi connectivity index (χ0v) is 18.1. The van der Waals surface area contributed by atoms with Gasteiger partial charge in [0.15, 0.2) is 0 Å². The molecule has 2 amide bonds. The third-order valence-electron chi connectivity index (χ3n) is 5.77. The molecule has 0 aromatic heterocycles. The van der Waals surface area contributed by atoms with E-state index in [4.69, 9.17) is 0 Å². The van der Waals surface area contributed by atoms with Crippen LogP contribution in [0.4, 0.5) is 0 Å². The Hall–Kier alpha value is -2.27. The van der Waals surface area contributed by atoms with Gasteiger partial charge in [0.1, 0.15) is 0 Å². The number of carbonyl (C=O) groups is 2. The SMILES string of the molecule is CN(C)C(=O)CSc1ccccc1C(=O)NCC1(c2ccccc2)CCCCC1. The van der Waals surface area contributed by atoms with Crippen molar-refractivity contribution >= 4 is 23.6 Å². The number of carbonyl (C=O) groups excluding carboxylic acids is 2. The molecule has 29 heavy (non-hydrogen) atoms. The molecular formula is C24H30N2O2S. The van der Waals surface area contributed by atoms with Crippen LogP contribution in [0.25, 0.3) is 0 Å². The summed E-state index contributed by atoms with van der Waals surface area (Å²) in [6, 6.07) is 18.1. The molecule has 0 saturated heterocycles. The number of thioether (sulfide) groups is 1. The Kier molecular flexibility index (Phi) is 7.37. The first kappa shape index (κ1) is 21.4. The van der Waals surface area contributed by atoms with E-state index >= 15 is 0 Å². The average molecular weight is 411 g/mol. The molecule has 4 nitrogen and oxygen atoms in total. The number of rotatable bonds is 7. The van der Waals surface area contributed by atoms with E-state index in [-0.39, 0.29) is 17.2 Å². The van der Waals surface area contributed by atoms with Gasteiger partial charge in [0, 0.05) is 31.0 Å². The van der Waals surface area contributed by atoms with Crippen molar-refractivity contribution in [2.75, 3.05) is 26.4 Å². The fourth-order valence-corrected chi connectivity index (χ4v) is 5.01. The van der Waals surface area contributed by atoms with Crippen molar-refractivity contribution in [2.45, 2.75) is 42.4 Å². The molecule has 1 saturated carbocycles. The number of hydrogen-bond donors (Lipinski definition) is 1. The van der Waals surface area contributed by atoms with Crippen molar-refractivity contribution in [2.24, 2.45) is 0 Å². The summed E-state index contributed by atoms with van der Waals surface area (Å²) >= 11 is 1.42. The van der Waals surface area contributed by atoms with Gasteiger partial charge in [-0.2, -0.15) is 0 Å². The highest BCUT2D eigenvalue weighted by atomic mass is 32.2. The van der Waals surface area contributed by atoms with E-state index in [1.165, 1.54) is 36.6 Å². The predicted molar refractivity (Wildman–Crippen MR) is 119 cm³/mol. The lowest BCUT2D eigenvalue weighted by molar-refractivity contribution is -0.125. The molecule has 2 aromatic rings. The summed E-state index contributed by atoms with van der Waals surface area (Å²) in [6.45, 7) is 0.644. The Morgan fingerprint density at radius 3 is 2.31 bits per heavy atom. The third kappa shape index (κ3) is 5.41. The molecule has 5 heteroatoms. The van der Waals surface area contributed by atoms with Gasteiger partial charge >= 0.3 is 0 Å². The lowest BCUT2D eigenvalue weighted by atomic mass is 9.69. The van der Waals surface area contributed by atoms with Crippen LogP contribution in [0.3, 0.4) is 0 Å². The van der Waals surface area contributed by atoms with Gasteiger partial charge in [-0.25, -0.2) is 0 Å². The van der Waals surface area contributed by atoms with Crippen LogP contribution in [0, 0.1) is 0 Å². The molecule has 1 aliphatic carbocycles. The summed E-state index contributed by atoms with van der Waals surface area (Å²) in [6.07, 6.45) is 5.87. The second-order valence-electron chi connectivity index (χ2n) is 7.96. The lowest BCUT2D eigenvalue weighted by Gasteiger charge is -2.38. The van der Waals surface area contributed by atoms with E-state index in [0.29, 0.717) is 17.9 Å². The molecule has 1 N–H and O–H groups in total. The van der Waals surface area contributed by atoms with Crippen molar-refractivity contribution in [3.8, 4) is 0 Å². The second kappa shape index (κ2) is 9.97. The van der Waals surface area contributed by atoms with Crippen LogP contribution in [0.15, 0.2) is 59.5 Å². The van der Waals surface area contributed by atoms with Crippen molar-refractivity contribution in [1.29, 1.82) is 0 Å². The number of nitrogens with zero attached hydrogens (tertiary/aromatic N) is 1.